The van der Waals surface area contributed by atoms with Crippen LogP contribution in [0.25, 0.3) is 6.08 Å². The Bertz CT molecular complexity index is 1040. The van der Waals surface area contributed by atoms with Crippen LogP contribution < -0.4 is 14.2 Å². The summed E-state index contributed by atoms with van der Waals surface area (Å²) in [4.78, 5) is 25.5. The lowest BCUT2D eigenvalue weighted by molar-refractivity contribution is -0.137. The lowest BCUT2D eigenvalue weighted by Crippen LogP contribution is -2.29. The van der Waals surface area contributed by atoms with E-state index in [4.69, 9.17) is 31.5 Å². The molecule has 0 aromatic heterocycles. The molecule has 1 heterocycles. The number of carbonyl (C=O) groups excluding carboxylic acids is 1. The third-order valence-corrected chi connectivity index (χ3v) is 6.06. The van der Waals surface area contributed by atoms with Gasteiger partial charge in [-0.15, -0.1) is 0 Å². The summed E-state index contributed by atoms with van der Waals surface area (Å²) in [6, 6.07) is 13.2. The van der Waals surface area contributed by atoms with Gasteiger partial charge in [0.15, 0.2) is 11.5 Å². The van der Waals surface area contributed by atoms with E-state index < -0.39 is 5.97 Å². The van der Waals surface area contributed by atoms with Gasteiger partial charge in [0.05, 0.1) is 19.1 Å². The fraction of sp³-hybridized carbons (Fsp3) is 0.261. The van der Waals surface area contributed by atoms with Crippen molar-refractivity contribution in [1.82, 2.24) is 4.90 Å². The van der Waals surface area contributed by atoms with Gasteiger partial charge in [0.1, 0.15) is 16.7 Å². The minimum Gasteiger partial charge on any atom is -0.493 e. The Morgan fingerprint density at radius 2 is 1.81 bits per heavy atom. The molecule has 0 unspecified atom stereocenters. The number of amides is 1. The zero-order chi connectivity index (χ0) is 23.1. The molecule has 1 fully saturated rings. The summed E-state index contributed by atoms with van der Waals surface area (Å²) in [5, 5.41) is 8.83. The van der Waals surface area contributed by atoms with Crippen LogP contribution in [-0.4, -0.2) is 47.0 Å². The zero-order valence-electron chi connectivity index (χ0n) is 17.7. The maximum absolute atomic E-state index is 12.9. The SMILES string of the molecule is COc1cc(/C=C2\SC(=S)N(CCCC(=O)O)C2=O)c(OCc2ccccc2)cc1OC. The number of thiocarbonyl (C=S) groups is 1. The normalized spacial score (nSPS) is 14.7. The van der Waals surface area contributed by atoms with Crippen molar-refractivity contribution in [3.05, 3.63) is 58.5 Å². The first-order valence-electron chi connectivity index (χ1n) is 9.83. The molecule has 1 N–H and O–H groups in total. The van der Waals surface area contributed by atoms with Gasteiger partial charge in [-0.25, -0.2) is 0 Å². The first-order valence-corrected chi connectivity index (χ1v) is 11.0. The van der Waals surface area contributed by atoms with E-state index in [1.807, 2.05) is 30.3 Å². The van der Waals surface area contributed by atoms with Gasteiger partial charge in [-0.1, -0.05) is 54.3 Å². The van der Waals surface area contributed by atoms with Crippen molar-refractivity contribution in [2.24, 2.45) is 0 Å². The number of carboxylic acid groups (broad SMARTS) is 1. The third kappa shape index (κ3) is 5.80. The third-order valence-electron chi connectivity index (χ3n) is 4.69. The van der Waals surface area contributed by atoms with E-state index in [0.717, 1.165) is 5.56 Å². The smallest absolute Gasteiger partial charge is 0.303 e. The summed E-state index contributed by atoms with van der Waals surface area (Å²) in [5.74, 6) is 0.380. The summed E-state index contributed by atoms with van der Waals surface area (Å²) in [6.07, 6.45) is 2.01. The molecule has 1 saturated heterocycles. The summed E-state index contributed by atoms with van der Waals surface area (Å²) < 4.78 is 17.3. The number of hydrogen-bond acceptors (Lipinski definition) is 7. The van der Waals surface area contributed by atoms with Gasteiger partial charge < -0.3 is 19.3 Å². The van der Waals surface area contributed by atoms with Gasteiger partial charge in [0.25, 0.3) is 5.91 Å². The Labute approximate surface area is 196 Å². The highest BCUT2D eigenvalue weighted by Crippen LogP contribution is 2.39. The number of hydrogen-bond donors (Lipinski definition) is 1. The molecule has 32 heavy (non-hydrogen) atoms. The average Bonchev–Trinajstić information content (AvgIpc) is 3.05. The molecule has 9 heteroatoms. The fourth-order valence-electron chi connectivity index (χ4n) is 3.07. The number of methoxy groups -OCH3 is 2. The predicted octanol–water partition coefficient (Wildman–Crippen LogP) is 4.35. The molecular weight excluding hydrogens is 450 g/mol. The van der Waals surface area contributed by atoms with Crippen molar-refractivity contribution < 1.29 is 28.9 Å². The number of carbonyl (C=O) groups is 2. The minimum atomic E-state index is -0.906. The number of aliphatic carboxylic acids is 1. The maximum Gasteiger partial charge on any atom is 0.303 e. The number of nitrogens with zero attached hydrogens (tertiary/aromatic N) is 1. The van der Waals surface area contributed by atoms with Crippen LogP contribution in [0.5, 0.6) is 17.2 Å². The van der Waals surface area contributed by atoms with E-state index in [-0.39, 0.29) is 18.9 Å². The molecule has 2 aromatic carbocycles. The van der Waals surface area contributed by atoms with Crippen molar-refractivity contribution in [3.63, 3.8) is 0 Å². The summed E-state index contributed by atoms with van der Waals surface area (Å²) in [7, 11) is 3.08. The fourth-order valence-corrected chi connectivity index (χ4v) is 4.37. The van der Waals surface area contributed by atoms with Crippen LogP contribution in [0.15, 0.2) is 47.4 Å². The number of rotatable bonds is 10. The van der Waals surface area contributed by atoms with Crippen LogP contribution in [0, 0.1) is 0 Å². The van der Waals surface area contributed by atoms with Gasteiger partial charge in [0.2, 0.25) is 0 Å². The minimum absolute atomic E-state index is 0.0245. The Balaban J connectivity index is 1.87. The van der Waals surface area contributed by atoms with Crippen LogP contribution in [0.1, 0.15) is 24.0 Å². The number of ether oxygens (including phenoxy) is 3. The van der Waals surface area contributed by atoms with Crippen molar-refractivity contribution in [2.75, 3.05) is 20.8 Å². The van der Waals surface area contributed by atoms with E-state index in [1.165, 1.54) is 23.8 Å². The second-order valence-corrected chi connectivity index (χ2v) is 8.53. The van der Waals surface area contributed by atoms with Gasteiger partial charge >= 0.3 is 5.97 Å². The van der Waals surface area contributed by atoms with E-state index in [2.05, 4.69) is 0 Å². The highest BCUT2D eigenvalue weighted by molar-refractivity contribution is 8.26. The monoisotopic (exact) mass is 473 g/mol. The molecule has 1 aliphatic heterocycles. The molecule has 0 bridgehead atoms. The molecule has 168 valence electrons. The van der Waals surface area contributed by atoms with Crippen molar-refractivity contribution >= 4 is 46.3 Å². The Morgan fingerprint density at radius 1 is 1.12 bits per heavy atom. The quantitative estimate of drug-likeness (QED) is 0.403. The number of thioether (sulfide) groups is 1. The molecule has 1 aliphatic rings. The Morgan fingerprint density at radius 3 is 2.47 bits per heavy atom. The van der Waals surface area contributed by atoms with Crippen LogP contribution in [-0.2, 0) is 16.2 Å². The maximum atomic E-state index is 12.9. The number of benzene rings is 2. The van der Waals surface area contributed by atoms with Gasteiger partial charge in [-0.05, 0) is 24.1 Å². The predicted molar refractivity (Wildman–Crippen MR) is 127 cm³/mol. The van der Waals surface area contributed by atoms with Gasteiger partial charge in [-0.3, -0.25) is 14.5 Å². The summed E-state index contributed by atoms with van der Waals surface area (Å²) in [5.41, 5.74) is 1.64. The van der Waals surface area contributed by atoms with Crippen molar-refractivity contribution in [3.8, 4) is 17.2 Å². The van der Waals surface area contributed by atoms with Crippen LogP contribution in [0.3, 0.4) is 0 Å². The molecule has 0 aliphatic carbocycles. The molecule has 2 aromatic rings. The lowest BCUT2D eigenvalue weighted by atomic mass is 10.1. The molecule has 3 rings (SSSR count). The Kier molecular flexibility index (Phi) is 8.13. The summed E-state index contributed by atoms with van der Waals surface area (Å²) >= 11 is 6.51. The molecule has 0 saturated carbocycles. The van der Waals surface area contributed by atoms with E-state index in [0.29, 0.717) is 45.1 Å². The molecule has 0 atom stereocenters. The highest BCUT2D eigenvalue weighted by Gasteiger charge is 2.32. The standard InChI is InChI=1S/C23H23NO6S2/c1-28-18-11-16(12-20-22(27)24(23(31)32-20)10-6-9-21(25)26)17(13-19(18)29-2)30-14-15-7-4-3-5-8-15/h3-5,7-8,11-13H,6,9-10,14H2,1-2H3,(H,25,26)/b20-12-. The zero-order valence-corrected chi connectivity index (χ0v) is 19.3. The van der Waals surface area contributed by atoms with Gasteiger partial charge in [0, 0.05) is 24.6 Å². The first kappa shape index (κ1) is 23.6. The van der Waals surface area contributed by atoms with Gasteiger partial charge in [-0.2, -0.15) is 0 Å². The lowest BCUT2D eigenvalue weighted by Gasteiger charge is -2.15. The molecule has 7 nitrogen and oxygen atoms in total. The number of carboxylic acids is 1. The first-order chi connectivity index (χ1) is 15.4. The second-order valence-electron chi connectivity index (χ2n) is 6.85. The van der Waals surface area contributed by atoms with Crippen LogP contribution >= 0.6 is 24.0 Å². The van der Waals surface area contributed by atoms with E-state index in [9.17, 15) is 9.59 Å². The Hall–Kier alpha value is -3.04. The molecule has 1 amide bonds. The second kappa shape index (κ2) is 11.0. The molecular formula is C23H23NO6S2. The van der Waals surface area contributed by atoms with Crippen LogP contribution in [0.2, 0.25) is 0 Å². The van der Waals surface area contributed by atoms with Crippen LogP contribution in [0.4, 0.5) is 0 Å². The topological polar surface area (TPSA) is 85.3 Å². The molecule has 0 spiro atoms. The van der Waals surface area contributed by atoms with E-state index >= 15 is 0 Å². The van der Waals surface area contributed by atoms with Crippen molar-refractivity contribution in [1.29, 1.82) is 0 Å². The van der Waals surface area contributed by atoms with Crippen molar-refractivity contribution in [2.45, 2.75) is 19.4 Å². The molecule has 0 radical (unpaired) electrons. The average molecular weight is 474 g/mol. The summed E-state index contributed by atoms with van der Waals surface area (Å²) in [6.45, 7) is 0.602. The van der Waals surface area contributed by atoms with E-state index in [1.54, 1.807) is 25.3 Å². The highest BCUT2D eigenvalue weighted by atomic mass is 32.2. The largest absolute Gasteiger partial charge is 0.493 e.